The van der Waals surface area contributed by atoms with Gasteiger partial charge >= 0.3 is 0 Å². The molecule has 0 saturated heterocycles. The average molecular weight is 286 g/mol. The number of nitrogens with zero attached hydrogens (tertiary/aromatic N) is 1. The van der Waals surface area contributed by atoms with Gasteiger partial charge in [-0.25, -0.2) is 0 Å². The van der Waals surface area contributed by atoms with Gasteiger partial charge in [-0.15, -0.1) is 11.6 Å². The Balaban J connectivity index is 2.24. The minimum absolute atomic E-state index is 0.434. The molecule has 2 aromatic rings. The number of benzene rings is 1. The third-order valence-corrected chi connectivity index (χ3v) is 3.99. The van der Waals surface area contributed by atoms with Crippen molar-refractivity contribution in [2.24, 2.45) is 0 Å². The van der Waals surface area contributed by atoms with E-state index in [-0.39, 0.29) is 0 Å². The summed E-state index contributed by atoms with van der Waals surface area (Å²) in [5, 5.41) is 4.97. The van der Waals surface area contributed by atoms with Gasteiger partial charge in [0.25, 0.3) is 0 Å². The lowest BCUT2D eigenvalue weighted by Crippen LogP contribution is -2.17. The van der Waals surface area contributed by atoms with E-state index in [9.17, 15) is 0 Å². The summed E-state index contributed by atoms with van der Waals surface area (Å²) in [4.78, 5) is 2.17. The van der Waals surface area contributed by atoms with E-state index in [1.54, 1.807) is 11.3 Å². The van der Waals surface area contributed by atoms with Gasteiger partial charge in [-0.1, -0.05) is 17.7 Å². The van der Waals surface area contributed by atoms with Crippen LogP contribution in [0.4, 0.5) is 5.69 Å². The highest BCUT2D eigenvalue weighted by atomic mass is 35.5. The Morgan fingerprint density at radius 1 is 1.29 bits per heavy atom. The van der Waals surface area contributed by atoms with E-state index in [0.717, 1.165) is 22.8 Å². The number of anilines is 1. The number of hydrogen-bond donors (Lipinski definition) is 0. The van der Waals surface area contributed by atoms with Crippen molar-refractivity contribution in [3.63, 3.8) is 0 Å². The summed E-state index contributed by atoms with van der Waals surface area (Å²) in [7, 11) is 2.05. The molecule has 0 unspecified atom stereocenters. The van der Waals surface area contributed by atoms with Gasteiger partial charge in [0, 0.05) is 29.9 Å². The first-order valence-corrected chi connectivity index (χ1v) is 7.13. The predicted molar refractivity (Wildman–Crippen MR) is 77.4 cm³/mol. The first-order chi connectivity index (χ1) is 8.22. The van der Waals surface area contributed by atoms with Crippen molar-refractivity contribution < 1.29 is 0 Å². The Kier molecular flexibility index (Phi) is 4.32. The minimum atomic E-state index is 0.434. The normalized spacial score (nSPS) is 10.5. The average Bonchev–Trinajstić information content (AvgIpc) is 2.81. The molecular weight excluding hydrogens is 273 g/mol. The molecule has 2 rings (SSSR count). The molecule has 1 heterocycles. The second kappa shape index (κ2) is 5.76. The van der Waals surface area contributed by atoms with Crippen LogP contribution < -0.4 is 4.90 Å². The van der Waals surface area contributed by atoms with Crippen LogP contribution in [0.1, 0.15) is 11.1 Å². The van der Waals surface area contributed by atoms with Gasteiger partial charge in [-0.3, -0.25) is 0 Å². The van der Waals surface area contributed by atoms with Gasteiger partial charge < -0.3 is 4.90 Å². The second-order valence-electron chi connectivity index (χ2n) is 3.86. The zero-order valence-corrected chi connectivity index (χ0v) is 11.8. The van der Waals surface area contributed by atoms with Crippen LogP contribution >= 0.6 is 34.5 Å². The number of halogens is 2. The van der Waals surface area contributed by atoms with Gasteiger partial charge in [-0.2, -0.15) is 11.3 Å². The first kappa shape index (κ1) is 12.7. The van der Waals surface area contributed by atoms with Gasteiger partial charge in [0.2, 0.25) is 0 Å². The molecular formula is C13H13Cl2NS. The molecule has 17 heavy (non-hydrogen) atoms. The Morgan fingerprint density at radius 2 is 2.12 bits per heavy atom. The molecule has 0 saturated carbocycles. The van der Waals surface area contributed by atoms with Crippen molar-refractivity contribution in [3.8, 4) is 0 Å². The molecule has 0 N–H and O–H groups in total. The molecule has 0 aliphatic heterocycles. The van der Waals surface area contributed by atoms with E-state index >= 15 is 0 Å². The van der Waals surface area contributed by atoms with Crippen molar-refractivity contribution in [2.45, 2.75) is 12.4 Å². The molecule has 90 valence electrons. The summed E-state index contributed by atoms with van der Waals surface area (Å²) < 4.78 is 0. The largest absolute Gasteiger partial charge is 0.370 e. The maximum Gasteiger partial charge on any atom is 0.0509 e. The standard InChI is InChI=1S/C13H13Cl2NS/c1-16(8-10-5-6-17-9-10)13-4-2-3-12(15)11(13)7-14/h2-6,9H,7-8H2,1H3. The summed E-state index contributed by atoms with van der Waals surface area (Å²) in [6.07, 6.45) is 0. The van der Waals surface area contributed by atoms with Crippen LogP contribution in [0.5, 0.6) is 0 Å². The molecule has 4 heteroatoms. The Bertz CT molecular complexity index is 482. The molecule has 1 aromatic heterocycles. The molecule has 0 bridgehead atoms. The number of alkyl halides is 1. The van der Waals surface area contributed by atoms with Gasteiger partial charge in [0.05, 0.1) is 5.88 Å². The Morgan fingerprint density at radius 3 is 2.76 bits per heavy atom. The molecule has 0 fully saturated rings. The van der Waals surface area contributed by atoms with Crippen LogP contribution in [-0.2, 0) is 12.4 Å². The smallest absolute Gasteiger partial charge is 0.0509 e. The third kappa shape index (κ3) is 2.95. The Labute approximate surface area is 116 Å². The molecule has 1 aromatic carbocycles. The fourth-order valence-electron chi connectivity index (χ4n) is 1.78. The van der Waals surface area contributed by atoms with Crippen LogP contribution in [-0.4, -0.2) is 7.05 Å². The molecule has 0 atom stereocenters. The van der Waals surface area contributed by atoms with Gasteiger partial charge in [0.1, 0.15) is 0 Å². The molecule has 1 nitrogen and oxygen atoms in total. The van der Waals surface area contributed by atoms with E-state index in [4.69, 9.17) is 23.2 Å². The number of hydrogen-bond acceptors (Lipinski definition) is 2. The van der Waals surface area contributed by atoms with E-state index in [1.807, 2.05) is 12.1 Å². The quantitative estimate of drug-likeness (QED) is 0.731. The topological polar surface area (TPSA) is 3.24 Å². The zero-order valence-electron chi connectivity index (χ0n) is 9.49. The maximum atomic E-state index is 6.15. The Hall–Kier alpha value is -0.700. The summed E-state index contributed by atoms with van der Waals surface area (Å²) in [6, 6.07) is 8.01. The van der Waals surface area contributed by atoms with Crippen LogP contribution in [0, 0.1) is 0 Å². The SMILES string of the molecule is CN(Cc1ccsc1)c1cccc(Cl)c1CCl. The third-order valence-electron chi connectivity index (χ3n) is 2.64. The van der Waals surface area contributed by atoms with E-state index in [0.29, 0.717) is 5.88 Å². The van der Waals surface area contributed by atoms with Gasteiger partial charge in [-0.05, 0) is 34.5 Å². The summed E-state index contributed by atoms with van der Waals surface area (Å²) >= 11 is 13.8. The first-order valence-electron chi connectivity index (χ1n) is 5.28. The van der Waals surface area contributed by atoms with Crippen molar-refractivity contribution in [1.29, 1.82) is 0 Å². The molecule has 0 radical (unpaired) electrons. The van der Waals surface area contributed by atoms with Crippen LogP contribution in [0.15, 0.2) is 35.0 Å². The lowest BCUT2D eigenvalue weighted by molar-refractivity contribution is 0.920. The zero-order chi connectivity index (χ0) is 12.3. The highest BCUT2D eigenvalue weighted by Gasteiger charge is 2.10. The monoisotopic (exact) mass is 285 g/mol. The van der Waals surface area contributed by atoms with Crippen molar-refractivity contribution in [2.75, 3.05) is 11.9 Å². The lowest BCUT2D eigenvalue weighted by Gasteiger charge is -2.22. The minimum Gasteiger partial charge on any atom is -0.370 e. The van der Waals surface area contributed by atoms with E-state index in [1.165, 1.54) is 5.56 Å². The van der Waals surface area contributed by atoms with Crippen LogP contribution in [0.3, 0.4) is 0 Å². The second-order valence-corrected chi connectivity index (χ2v) is 5.31. The molecule has 0 aliphatic rings. The fraction of sp³-hybridized carbons (Fsp3) is 0.231. The number of rotatable bonds is 4. The molecule has 0 spiro atoms. The van der Waals surface area contributed by atoms with E-state index < -0.39 is 0 Å². The van der Waals surface area contributed by atoms with Crippen molar-refractivity contribution in [3.05, 3.63) is 51.2 Å². The van der Waals surface area contributed by atoms with Crippen LogP contribution in [0.2, 0.25) is 5.02 Å². The predicted octanol–water partition coefficient (Wildman–Crippen LogP) is 4.78. The van der Waals surface area contributed by atoms with Crippen molar-refractivity contribution in [1.82, 2.24) is 0 Å². The summed E-state index contributed by atoms with van der Waals surface area (Å²) in [5.74, 6) is 0.434. The highest BCUT2D eigenvalue weighted by Crippen LogP contribution is 2.29. The fourth-order valence-corrected chi connectivity index (χ4v) is 3.02. The lowest BCUT2D eigenvalue weighted by atomic mass is 10.1. The molecule has 0 amide bonds. The van der Waals surface area contributed by atoms with E-state index in [2.05, 4.69) is 34.8 Å². The van der Waals surface area contributed by atoms with Gasteiger partial charge in [0.15, 0.2) is 0 Å². The summed E-state index contributed by atoms with van der Waals surface area (Å²) in [5.41, 5.74) is 3.39. The van der Waals surface area contributed by atoms with Crippen LogP contribution in [0.25, 0.3) is 0 Å². The molecule has 0 aliphatic carbocycles. The highest BCUT2D eigenvalue weighted by molar-refractivity contribution is 7.07. The maximum absolute atomic E-state index is 6.15. The summed E-state index contributed by atoms with van der Waals surface area (Å²) in [6.45, 7) is 0.869. The number of thiophene rings is 1. The van der Waals surface area contributed by atoms with Crippen molar-refractivity contribution >= 4 is 40.2 Å².